The molecule has 1 aliphatic rings. The lowest BCUT2D eigenvalue weighted by molar-refractivity contribution is -0.117. The number of para-hydroxylation sites is 1. The summed E-state index contributed by atoms with van der Waals surface area (Å²) >= 11 is 7.46. The highest BCUT2D eigenvalue weighted by atomic mass is 35.5. The summed E-state index contributed by atoms with van der Waals surface area (Å²) in [5.74, 6) is -0.450. The molecule has 0 atom stereocenters. The average molecular weight is 468 g/mol. The molecule has 1 fully saturated rings. The van der Waals surface area contributed by atoms with Gasteiger partial charge in [0.05, 0.1) is 27.7 Å². The van der Waals surface area contributed by atoms with Crippen molar-refractivity contribution in [2.75, 3.05) is 38.0 Å². The zero-order valence-electron chi connectivity index (χ0n) is 17.3. The van der Waals surface area contributed by atoms with E-state index in [1.54, 1.807) is 53.4 Å². The Kier molecular flexibility index (Phi) is 6.99. The minimum Gasteiger partial charge on any atom is -0.336 e. The van der Waals surface area contributed by atoms with Crippen molar-refractivity contribution in [2.45, 2.75) is 0 Å². The van der Waals surface area contributed by atoms with Gasteiger partial charge in [-0.1, -0.05) is 48.0 Å². The van der Waals surface area contributed by atoms with Crippen molar-refractivity contribution in [3.63, 3.8) is 0 Å². The first-order valence-electron chi connectivity index (χ1n) is 10.3. The molecule has 0 radical (unpaired) electrons. The number of amides is 2. The van der Waals surface area contributed by atoms with Gasteiger partial charge in [0.2, 0.25) is 11.7 Å². The zero-order valence-corrected chi connectivity index (χ0v) is 18.9. The maximum atomic E-state index is 13.2. The second-order valence-corrected chi connectivity index (χ2v) is 8.80. The molecular formula is C24H22ClN3O3S. The van der Waals surface area contributed by atoms with Crippen molar-refractivity contribution in [2.24, 2.45) is 0 Å². The van der Waals surface area contributed by atoms with Crippen molar-refractivity contribution < 1.29 is 14.4 Å². The van der Waals surface area contributed by atoms with E-state index in [9.17, 15) is 14.4 Å². The number of carbonyl (C=O) groups is 3. The maximum absolute atomic E-state index is 13.2. The molecule has 1 aromatic heterocycles. The summed E-state index contributed by atoms with van der Waals surface area (Å²) in [6, 6.07) is 17.6. The van der Waals surface area contributed by atoms with Crippen molar-refractivity contribution in [1.29, 1.82) is 0 Å². The van der Waals surface area contributed by atoms with E-state index in [-0.39, 0.29) is 24.1 Å². The molecule has 164 valence electrons. The number of thiophene rings is 1. The molecule has 6 nitrogen and oxygen atoms in total. The maximum Gasteiger partial charge on any atom is 0.254 e. The van der Waals surface area contributed by atoms with E-state index in [1.807, 2.05) is 22.4 Å². The molecule has 0 spiro atoms. The monoisotopic (exact) mass is 467 g/mol. The van der Waals surface area contributed by atoms with Gasteiger partial charge >= 0.3 is 0 Å². The number of benzene rings is 2. The van der Waals surface area contributed by atoms with Crippen LogP contribution >= 0.6 is 22.9 Å². The molecule has 0 saturated carbocycles. The Morgan fingerprint density at radius 3 is 2.25 bits per heavy atom. The van der Waals surface area contributed by atoms with Crippen LogP contribution in [0.3, 0.4) is 0 Å². The van der Waals surface area contributed by atoms with Gasteiger partial charge in [-0.25, -0.2) is 0 Å². The largest absolute Gasteiger partial charge is 0.336 e. The second kappa shape index (κ2) is 10.1. The lowest BCUT2D eigenvalue weighted by Crippen LogP contribution is -2.50. The van der Waals surface area contributed by atoms with Crippen LogP contribution in [0, 0.1) is 0 Å². The van der Waals surface area contributed by atoms with E-state index in [0.717, 1.165) is 0 Å². The summed E-state index contributed by atoms with van der Waals surface area (Å²) in [7, 11) is 0. The highest BCUT2D eigenvalue weighted by Gasteiger charge is 2.26. The van der Waals surface area contributed by atoms with E-state index >= 15 is 0 Å². The fourth-order valence-corrected chi connectivity index (χ4v) is 4.50. The molecule has 0 bridgehead atoms. The number of hydrogen-bond donors (Lipinski definition) is 1. The third-order valence-electron chi connectivity index (χ3n) is 5.32. The number of nitrogens with one attached hydrogen (secondary N) is 1. The molecule has 2 heterocycles. The van der Waals surface area contributed by atoms with Crippen LogP contribution in [0.1, 0.15) is 25.6 Å². The van der Waals surface area contributed by atoms with Gasteiger partial charge in [0.25, 0.3) is 5.91 Å². The first kappa shape index (κ1) is 22.2. The predicted molar refractivity (Wildman–Crippen MR) is 127 cm³/mol. The first-order chi connectivity index (χ1) is 15.5. The molecule has 4 rings (SSSR count). The molecule has 0 unspecified atom stereocenters. The standard InChI is InChI=1S/C24H22ClN3O3S/c25-19-8-3-4-9-20(19)26-22(29)16-27-11-13-28(14-12-27)24(31)18-7-2-1-6-17(18)23(30)21-10-5-15-32-21/h1-10,15H,11-14,16H2,(H,26,29). The van der Waals surface area contributed by atoms with Gasteiger partial charge in [-0.2, -0.15) is 0 Å². The quantitative estimate of drug-likeness (QED) is 0.556. The van der Waals surface area contributed by atoms with E-state index in [4.69, 9.17) is 11.6 Å². The third-order valence-corrected chi connectivity index (χ3v) is 6.52. The van der Waals surface area contributed by atoms with Crippen LogP contribution in [0.25, 0.3) is 0 Å². The molecule has 3 aromatic rings. The minimum absolute atomic E-state index is 0.140. The lowest BCUT2D eigenvalue weighted by Gasteiger charge is -2.34. The van der Waals surface area contributed by atoms with E-state index in [1.165, 1.54) is 11.3 Å². The fourth-order valence-electron chi connectivity index (χ4n) is 3.64. The Morgan fingerprint density at radius 2 is 1.56 bits per heavy atom. The third kappa shape index (κ3) is 5.07. The van der Waals surface area contributed by atoms with Crippen LogP contribution in [-0.4, -0.2) is 60.1 Å². The van der Waals surface area contributed by atoms with Crippen LogP contribution in [-0.2, 0) is 4.79 Å². The van der Waals surface area contributed by atoms with E-state index < -0.39 is 0 Å². The van der Waals surface area contributed by atoms with Crippen molar-refractivity contribution in [3.8, 4) is 0 Å². The van der Waals surface area contributed by atoms with Crippen LogP contribution in [0.4, 0.5) is 5.69 Å². The molecule has 8 heteroatoms. The molecule has 2 aromatic carbocycles. The van der Waals surface area contributed by atoms with Crippen LogP contribution in [0.2, 0.25) is 5.02 Å². The van der Waals surface area contributed by atoms with Crippen molar-refractivity contribution in [1.82, 2.24) is 9.80 Å². The molecule has 1 saturated heterocycles. The van der Waals surface area contributed by atoms with Gasteiger partial charge in [-0.05, 0) is 29.6 Å². The average Bonchev–Trinajstić information content (AvgIpc) is 3.35. The lowest BCUT2D eigenvalue weighted by atomic mass is 10.0. The number of nitrogens with zero attached hydrogens (tertiary/aromatic N) is 2. The summed E-state index contributed by atoms with van der Waals surface area (Å²) < 4.78 is 0. The van der Waals surface area contributed by atoms with Gasteiger partial charge < -0.3 is 10.2 Å². The molecule has 2 amide bonds. The van der Waals surface area contributed by atoms with Crippen molar-refractivity contribution >= 4 is 46.2 Å². The molecule has 1 aliphatic heterocycles. The SMILES string of the molecule is O=C(CN1CCN(C(=O)c2ccccc2C(=O)c2cccs2)CC1)Nc1ccccc1Cl. The first-order valence-corrected chi connectivity index (χ1v) is 11.5. The Balaban J connectivity index is 1.36. The summed E-state index contributed by atoms with van der Waals surface area (Å²) in [6.07, 6.45) is 0. The van der Waals surface area contributed by atoms with Crippen LogP contribution in [0.5, 0.6) is 0 Å². The molecule has 32 heavy (non-hydrogen) atoms. The Morgan fingerprint density at radius 1 is 0.875 bits per heavy atom. The number of anilines is 1. The van der Waals surface area contributed by atoms with Gasteiger partial charge in [-0.3, -0.25) is 19.3 Å². The van der Waals surface area contributed by atoms with Gasteiger partial charge in [0.15, 0.2) is 0 Å². The number of ketones is 1. The molecule has 0 aliphatic carbocycles. The normalized spacial score (nSPS) is 14.2. The summed E-state index contributed by atoms with van der Waals surface area (Å²) in [4.78, 5) is 42.7. The number of rotatable bonds is 6. The number of piperazine rings is 1. The highest BCUT2D eigenvalue weighted by Crippen LogP contribution is 2.21. The Bertz CT molecular complexity index is 1130. The van der Waals surface area contributed by atoms with Crippen LogP contribution in [0.15, 0.2) is 66.0 Å². The van der Waals surface area contributed by atoms with E-state index in [0.29, 0.717) is 52.9 Å². The molecule has 1 N–H and O–H groups in total. The van der Waals surface area contributed by atoms with Gasteiger partial charge in [0.1, 0.15) is 0 Å². The summed E-state index contributed by atoms with van der Waals surface area (Å²) in [5, 5.41) is 5.16. The Hall–Kier alpha value is -3.00. The van der Waals surface area contributed by atoms with Crippen molar-refractivity contribution in [3.05, 3.63) is 87.1 Å². The van der Waals surface area contributed by atoms with Gasteiger partial charge in [0, 0.05) is 31.7 Å². The van der Waals surface area contributed by atoms with Gasteiger partial charge in [-0.15, -0.1) is 11.3 Å². The topological polar surface area (TPSA) is 69.7 Å². The molecular weight excluding hydrogens is 446 g/mol. The number of carbonyl (C=O) groups excluding carboxylic acids is 3. The number of halogens is 1. The summed E-state index contributed by atoms with van der Waals surface area (Å²) in [6.45, 7) is 2.34. The number of hydrogen-bond acceptors (Lipinski definition) is 5. The fraction of sp³-hybridized carbons (Fsp3) is 0.208. The zero-order chi connectivity index (χ0) is 22.5. The predicted octanol–water partition coefficient (Wildman–Crippen LogP) is 4.03. The smallest absolute Gasteiger partial charge is 0.254 e. The second-order valence-electron chi connectivity index (χ2n) is 7.45. The Labute approximate surface area is 195 Å². The van der Waals surface area contributed by atoms with Crippen LogP contribution < -0.4 is 5.32 Å². The minimum atomic E-state index is -0.161. The highest BCUT2D eigenvalue weighted by molar-refractivity contribution is 7.12. The van der Waals surface area contributed by atoms with E-state index in [2.05, 4.69) is 5.32 Å². The summed E-state index contributed by atoms with van der Waals surface area (Å²) in [5.41, 5.74) is 1.41.